The number of hydrogen-bond donors (Lipinski definition) is 1. The molecule has 0 aromatic carbocycles. The second kappa shape index (κ2) is 5.58. The van der Waals surface area contributed by atoms with Crippen LogP contribution in [0.2, 0.25) is 0 Å². The number of unbranched alkanes of at least 4 members (excludes halogenated alkanes) is 1. The Morgan fingerprint density at radius 2 is 2.05 bits per heavy atom. The Bertz CT molecular complexity index is 901. The molecule has 0 saturated heterocycles. The van der Waals surface area contributed by atoms with Crippen LogP contribution in [0.5, 0.6) is 0 Å². The van der Waals surface area contributed by atoms with Crippen LogP contribution < -0.4 is 11.2 Å². The first-order valence-electron chi connectivity index (χ1n) is 7.05. The molecule has 0 spiro atoms. The number of fused-ring (bicyclic) bond motifs is 1. The lowest BCUT2D eigenvalue weighted by Gasteiger charge is -2.08. The van der Waals surface area contributed by atoms with Gasteiger partial charge < -0.3 is 4.57 Å². The Balaban J connectivity index is 1.83. The van der Waals surface area contributed by atoms with E-state index in [4.69, 9.17) is 0 Å². The molecule has 22 heavy (non-hydrogen) atoms. The van der Waals surface area contributed by atoms with Crippen molar-refractivity contribution in [3.8, 4) is 0 Å². The number of aromatic amines is 1. The SMILES string of the molecule is Cn1cnc2c1c(=O)n(CCCCc1cn[nH]n1)c(=O)n2C. The molecule has 9 heteroatoms. The predicted octanol–water partition coefficient (Wildman–Crippen LogP) is -0.425. The van der Waals surface area contributed by atoms with Crippen molar-refractivity contribution in [1.29, 1.82) is 0 Å². The van der Waals surface area contributed by atoms with Gasteiger partial charge in [-0.3, -0.25) is 13.9 Å². The summed E-state index contributed by atoms with van der Waals surface area (Å²) in [6.07, 6.45) is 5.52. The van der Waals surface area contributed by atoms with Gasteiger partial charge in [0.05, 0.1) is 18.2 Å². The lowest BCUT2D eigenvalue weighted by atomic mass is 10.2. The number of aryl methyl sites for hydroxylation is 3. The number of H-pyrrole nitrogens is 1. The molecule has 0 saturated carbocycles. The summed E-state index contributed by atoms with van der Waals surface area (Å²) in [6, 6.07) is 0. The van der Waals surface area contributed by atoms with Crippen molar-refractivity contribution in [2.75, 3.05) is 0 Å². The summed E-state index contributed by atoms with van der Waals surface area (Å²) in [5, 5.41) is 10.3. The monoisotopic (exact) mass is 303 g/mol. The highest BCUT2D eigenvalue weighted by molar-refractivity contribution is 5.69. The maximum absolute atomic E-state index is 12.5. The molecular weight excluding hydrogens is 286 g/mol. The van der Waals surface area contributed by atoms with Gasteiger partial charge in [-0.1, -0.05) is 0 Å². The highest BCUT2D eigenvalue weighted by Crippen LogP contribution is 2.04. The number of rotatable bonds is 5. The van der Waals surface area contributed by atoms with Gasteiger partial charge >= 0.3 is 5.69 Å². The predicted molar refractivity (Wildman–Crippen MR) is 79.5 cm³/mol. The van der Waals surface area contributed by atoms with Crippen molar-refractivity contribution in [3.63, 3.8) is 0 Å². The van der Waals surface area contributed by atoms with Crippen molar-refractivity contribution in [3.05, 3.63) is 39.1 Å². The molecule has 3 aromatic rings. The Hall–Kier alpha value is -2.71. The van der Waals surface area contributed by atoms with Crippen LogP contribution in [0.25, 0.3) is 11.2 Å². The Morgan fingerprint density at radius 3 is 2.77 bits per heavy atom. The number of hydrogen-bond acceptors (Lipinski definition) is 5. The molecule has 1 N–H and O–H groups in total. The van der Waals surface area contributed by atoms with Crippen molar-refractivity contribution in [2.24, 2.45) is 14.1 Å². The fraction of sp³-hybridized carbons (Fsp3) is 0.462. The average molecular weight is 303 g/mol. The van der Waals surface area contributed by atoms with Crippen molar-refractivity contribution >= 4 is 11.2 Å². The molecule has 0 aliphatic rings. The first-order valence-corrected chi connectivity index (χ1v) is 7.05. The molecule has 0 unspecified atom stereocenters. The second-order valence-corrected chi connectivity index (χ2v) is 5.24. The number of aromatic nitrogens is 7. The maximum Gasteiger partial charge on any atom is 0.332 e. The number of imidazole rings is 1. The van der Waals surface area contributed by atoms with Crippen molar-refractivity contribution < 1.29 is 0 Å². The lowest BCUT2D eigenvalue weighted by molar-refractivity contribution is 0.551. The minimum atomic E-state index is -0.336. The lowest BCUT2D eigenvalue weighted by Crippen LogP contribution is -2.39. The molecule has 0 aliphatic heterocycles. The first-order chi connectivity index (χ1) is 10.6. The molecule has 3 aromatic heterocycles. The summed E-state index contributed by atoms with van der Waals surface area (Å²) < 4.78 is 4.32. The molecular formula is C13H17N7O2. The van der Waals surface area contributed by atoms with E-state index >= 15 is 0 Å². The van der Waals surface area contributed by atoms with E-state index in [-0.39, 0.29) is 11.2 Å². The Labute approximate surface area is 125 Å². The van der Waals surface area contributed by atoms with Crippen LogP contribution in [0.3, 0.4) is 0 Å². The van der Waals surface area contributed by atoms with Crippen LogP contribution in [-0.4, -0.2) is 34.1 Å². The van der Waals surface area contributed by atoms with Crippen LogP contribution in [-0.2, 0) is 27.1 Å². The summed E-state index contributed by atoms with van der Waals surface area (Å²) in [7, 11) is 3.37. The fourth-order valence-electron chi connectivity index (χ4n) is 2.52. The minimum Gasteiger partial charge on any atom is -0.328 e. The van der Waals surface area contributed by atoms with Gasteiger partial charge in [0.15, 0.2) is 11.2 Å². The quantitative estimate of drug-likeness (QED) is 0.644. The molecule has 3 rings (SSSR count). The smallest absolute Gasteiger partial charge is 0.328 e. The normalized spacial score (nSPS) is 11.4. The summed E-state index contributed by atoms with van der Waals surface area (Å²) in [5.41, 5.74) is 1.11. The van der Waals surface area contributed by atoms with E-state index in [9.17, 15) is 9.59 Å². The third kappa shape index (κ3) is 2.34. The molecule has 0 atom stereocenters. The van der Waals surface area contributed by atoms with Crippen LogP contribution >= 0.6 is 0 Å². The summed E-state index contributed by atoms with van der Waals surface area (Å²) in [6.45, 7) is 0.379. The minimum absolute atomic E-state index is 0.292. The van der Waals surface area contributed by atoms with Gasteiger partial charge in [0.25, 0.3) is 5.56 Å². The van der Waals surface area contributed by atoms with Crippen LogP contribution in [0.15, 0.2) is 22.1 Å². The van der Waals surface area contributed by atoms with Crippen LogP contribution in [0.4, 0.5) is 0 Å². The van der Waals surface area contributed by atoms with E-state index in [0.29, 0.717) is 24.1 Å². The fourth-order valence-corrected chi connectivity index (χ4v) is 2.52. The summed E-state index contributed by atoms with van der Waals surface area (Å²) in [4.78, 5) is 28.9. The highest BCUT2D eigenvalue weighted by atomic mass is 16.2. The van der Waals surface area contributed by atoms with Crippen molar-refractivity contribution in [2.45, 2.75) is 25.8 Å². The van der Waals surface area contributed by atoms with E-state index in [0.717, 1.165) is 18.5 Å². The van der Waals surface area contributed by atoms with Crippen molar-refractivity contribution in [1.82, 2.24) is 34.1 Å². The zero-order valence-corrected chi connectivity index (χ0v) is 12.5. The Kier molecular flexibility index (Phi) is 3.61. The highest BCUT2D eigenvalue weighted by Gasteiger charge is 2.14. The van der Waals surface area contributed by atoms with Gasteiger partial charge in [-0.2, -0.15) is 15.4 Å². The largest absolute Gasteiger partial charge is 0.332 e. The maximum atomic E-state index is 12.5. The summed E-state index contributed by atoms with van der Waals surface area (Å²) >= 11 is 0. The Morgan fingerprint density at radius 1 is 1.23 bits per heavy atom. The third-order valence-electron chi connectivity index (χ3n) is 3.73. The molecule has 0 aliphatic carbocycles. The van der Waals surface area contributed by atoms with E-state index in [1.54, 1.807) is 31.2 Å². The van der Waals surface area contributed by atoms with Gasteiger partial charge in [-0.25, -0.2) is 9.78 Å². The van der Waals surface area contributed by atoms with E-state index < -0.39 is 0 Å². The van der Waals surface area contributed by atoms with Gasteiger partial charge in [0, 0.05) is 20.6 Å². The molecule has 0 amide bonds. The topological polar surface area (TPSA) is 103 Å². The first kappa shape index (κ1) is 14.2. The van der Waals surface area contributed by atoms with E-state index in [1.807, 2.05) is 0 Å². The van der Waals surface area contributed by atoms with E-state index in [2.05, 4.69) is 20.4 Å². The molecule has 9 nitrogen and oxygen atoms in total. The van der Waals surface area contributed by atoms with E-state index in [1.165, 1.54) is 9.13 Å². The van der Waals surface area contributed by atoms with Crippen LogP contribution in [0.1, 0.15) is 18.5 Å². The number of nitrogens with zero attached hydrogens (tertiary/aromatic N) is 6. The van der Waals surface area contributed by atoms with Gasteiger partial charge in [0.1, 0.15) is 0 Å². The third-order valence-corrected chi connectivity index (χ3v) is 3.73. The molecule has 0 radical (unpaired) electrons. The zero-order valence-electron chi connectivity index (χ0n) is 12.5. The summed E-state index contributed by atoms with van der Waals surface area (Å²) in [5.74, 6) is 0. The molecule has 0 fully saturated rings. The van der Waals surface area contributed by atoms with Gasteiger partial charge in [-0.05, 0) is 19.3 Å². The molecule has 3 heterocycles. The zero-order chi connectivity index (χ0) is 15.7. The molecule has 0 bridgehead atoms. The number of nitrogens with one attached hydrogen (secondary N) is 1. The van der Waals surface area contributed by atoms with Crippen LogP contribution in [0, 0.1) is 0 Å². The molecule has 116 valence electrons. The van der Waals surface area contributed by atoms with Gasteiger partial charge in [0.2, 0.25) is 0 Å². The standard InChI is InChI=1S/C13H17N7O2/c1-18-8-14-11-10(18)12(21)20(13(22)19(11)2)6-4-3-5-9-7-15-17-16-9/h7-8H,3-6H2,1-2H3,(H,15,16,17). The van der Waals surface area contributed by atoms with Gasteiger partial charge in [-0.15, -0.1) is 0 Å². The second-order valence-electron chi connectivity index (χ2n) is 5.24. The average Bonchev–Trinajstić information content (AvgIpc) is 3.14.